The second-order valence-corrected chi connectivity index (χ2v) is 4.84. The number of methoxy groups -OCH3 is 1. The predicted octanol–water partition coefficient (Wildman–Crippen LogP) is 1.57. The van der Waals surface area contributed by atoms with Crippen molar-refractivity contribution in [3.63, 3.8) is 0 Å². The fourth-order valence-corrected chi connectivity index (χ4v) is 1.84. The van der Waals surface area contributed by atoms with Gasteiger partial charge in [0.05, 0.1) is 18.8 Å². The summed E-state index contributed by atoms with van der Waals surface area (Å²) in [4.78, 5) is 0. The molecule has 0 aromatic rings. The highest BCUT2D eigenvalue weighted by atomic mass is 16.5. The summed E-state index contributed by atoms with van der Waals surface area (Å²) < 4.78 is 10.9. The quantitative estimate of drug-likeness (QED) is 0.732. The molecule has 0 aromatic heterocycles. The molecule has 0 spiro atoms. The smallest absolute Gasteiger partial charge is 0.0704 e. The van der Waals surface area contributed by atoms with Crippen LogP contribution in [0.4, 0.5) is 0 Å². The number of nitrogens with one attached hydrogen (secondary N) is 1. The highest BCUT2D eigenvalue weighted by Gasteiger charge is 2.24. The Morgan fingerprint density at radius 3 is 2.64 bits per heavy atom. The Morgan fingerprint density at radius 1 is 1.43 bits per heavy atom. The third kappa shape index (κ3) is 3.95. The first-order valence-electron chi connectivity index (χ1n) is 5.43. The molecule has 1 N–H and O–H groups in total. The van der Waals surface area contributed by atoms with Crippen molar-refractivity contribution in [3.05, 3.63) is 0 Å². The molecule has 1 aliphatic rings. The first kappa shape index (κ1) is 12.0. The molecule has 3 nitrogen and oxygen atoms in total. The van der Waals surface area contributed by atoms with Gasteiger partial charge in [-0.05, 0) is 33.6 Å². The normalized spacial score (nSPS) is 28.3. The van der Waals surface area contributed by atoms with E-state index in [9.17, 15) is 0 Å². The van der Waals surface area contributed by atoms with E-state index in [0.717, 1.165) is 13.2 Å². The zero-order valence-corrected chi connectivity index (χ0v) is 9.80. The van der Waals surface area contributed by atoms with Crippen molar-refractivity contribution in [2.45, 2.75) is 51.4 Å². The van der Waals surface area contributed by atoms with Gasteiger partial charge in [-0.3, -0.25) is 0 Å². The third-order valence-electron chi connectivity index (χ3n) is 2.63. The molecule has 1 fully saturated rings. The van der Waals surface area contributed by atoms with E-state index in [4.69, 9.17) is 9.47 Å². The molecule has 84 valence electrons. The van der Waals surface area contributed by atoms with Gasteiger partial charge in [-0.1, -0.05) is 0 Å². The molecule has 1 rings (SSSR count). The molecule has 2 atom stereocenters. The lowest BCUT2D eigenvalue weighted by Crippen LogP contribution is -2.46. The van der Waals surface area contributed by atoms with Gasteiger partial charge in [0.2, 0.25) is 0 Å². The highest BCUT2D eigenvalue weighted by Crippen LogP contribution is 2.18. The number of rotatable bonds is 5. The maximum Gasteiger partial charge on any atom is 0.0704 e. The zero-order chi connectivity index (χ0) is 10.6. The van der Waals surface area contributed by atoms with Crippen LogP contribution < -0.4 is 5.32 Å². The van der Waals surface area contributed by atoms with Crippen molar-refractivity contribution in [2.24, 2.45) is 0 Å². The van der Waals surface area contributed by atoms with Crippen LogP contribution in [-0.2, 0) is 9.47 Å². The van der Waals surface area contributed by atoms with E-state index in [0.29, 0.717) is 12.2 Å². The number of hydrogen-bond donors (Lipinski definition) is 1. The van der Waals surface area contributed by atoms with Gasteiger partial charge in [-0.2, -0.15) is 0 Å². The summed E-state index contributed by atoms with van der Waals surface area (Å²) in [5, 5.41) is 3.47. The topological polar surface area (TPSA) is 30.5 Å². The molecule has 14 heavy (non-hydrogen) atoms. The van der Waals surface area contributed by atoms with Crippen LogP contribution in [0.15, 0.2) is 0 Å². The highest BCUT2D eigenvalue weighted by molar-refractivity contribution is 4.81. The second-order valence-electron chi connectivity index (χ2n) is 4.84. The van der Waals surface area contributed by atoms with E-state index in [1.165, 1.54) is 12.8 Å². The summed E-state index contributed by atoms with van der Waals surface area (Å²) in [5.74, 6) is 0. The Kier molecular flexibility index (Phi) is 4.35. The monoisotopic (exact) mass is 201 g/mol. The molecule has 1 heterocycles. The lowest BCUT2D eigenvalue weighted by Gasteiger charge is -2.27. The van der Waals surface area contributed by atoms with Gasteiger partial charge in [-0.25, -0.2) is 0 Å². The van der Waals surface area contributed by atoms with Gasteiger partial charge < -0.3 is 14.8 Å². The van der Waals surface area contributed by atoms with Crippen LogP contribution in [0.1, 0.15) is 33.6 Å². The van der Waals surface area contributed by atoms with Crippen molar-refractivity contribution < 1.29 is 9.47 Å². The van der Waals surface area contributed by atoms with E-state index in [1.807, 2.05) is 0 Å². The molecular formula is C11H23NO2. The first-order chi connectivity index (χ1) is 6.53. The Hall–Kier alpha value is -0.120. The maximum atomic E-state index is 5.73. The van der Waals surface area contributed by atoms with Crippen LogP contribution in [0.5, 0.6) is 0 Å². The third-order valence-corrected chi connectivity index (χ3v) is 2.63. The molecule has 1 aliphatic heterocycles. The fraction of sp³-hybridized carbons (Fsp3) is 1.00. The van der Waals surface area contributed by atoms with E-state index < -0.39 is 0 Å². The van der Waals surface area contributed by atoms with E-state index in [-0.39, 0.29) is 5.54 Å². The standard InChI is InChI=1S/C11H23NO2/c1-9-5-6-10(14-9)7-12-11(2,3)8-13-4/h9-10,12H,5-8H2,1-4H3. The average Bonchev–Trinajstić information content (AvgIpc) is 2.48. The summed E-state index contributed by atoms with van der Waals surface area (Å²) in [5.41, 5.74) is 0.0456. The lowest BCUT2D eigenvalue weighted by molar-refractivity contribution is 0.0455. The SMILES string of the molecule is COCC(C)(C)NCC1CCC(C)O1. The Bertz CT molecular complexity index is 171. The van der Waals surface area contributed by atoms with Crippen LogP contribution in [0.25, 0.3) is 0 Å². The van der Waals surface area contributed by atoms with Crippen LogP contribution in [0, 0.1) is 0 Å². The summed E-state index contributed by atoms with van der Waals surface area (Å²) in [6, 6.07) is 0. The van der Waals surface area contributed by atoms with Gasteiger partial charge in [0.25, 0.3) is 0 Å². The van der Waals surface area contributed by atoms with E-state index >= 15 is 0 Å². The molecule has 1 saturated heterocycles. The van der Waals surface area contributed by atoms with Crippen molar-refractivity contribution in [2.75, 3.05) is 20.3 Å². The minimum Gasteiger partial charge on any atom is -0.383 e. The number of ether oxygens (including phenoxy) is 2. The first-order valence-corrected chi connectivity index (χ1v) is 5.43. The van der Waals surface area contributed by atoms with Gasteiger partial charge in [0.15, 0.2) is 0 Å². The molecule has 0 aliphatic carbocycles. The van der Waals surface area contributed by atoms with Crippen molar-refractivity contribution in [3.8, 4) is 0 Å². The second kappa shape index (κ2) is 5.10. The van der Waals surface area contributed by atoms with Crippen molar-refractivity contribution in [1.29, 1.82) is 0 Å². The zero-order valence-electron chi connectivity index (χ0n) is 9.80. The van der Waals surface area contributed by atoms with Crippen LogP contribution in [-0.4, -0.2) is 38.0 Å². The van der Waals surface area contributed by atoms with Gasteiger partial charge in [0.1, 0.15) is 0 Å². The Balaban J connectivity index is 2.19. The fourth-order valence-electron chi connectivity index (χ4n) is 1.84. The molecular weight excluding hydrogens is 178 g/mol. The summed E-state index contributed by atoms with van der Waals surface area (Å²) >= 11 is 0. The van der Waals surface area contributed by atoms with Crippen LogP contribution in [0.2, 0.25) is 0 Å². The summed E-state index contributed by atoms with van der Waals surface area (Å²) in [6.07, 6.45) is 3.20. The lowest BCUT2D eigenvalue weighted by atomic mass is 10.1. The van der Waals surface area contributed by atoms with Crippen molar-refractivity contribution in [1.82, 2.24) is 5.32 Å². The molecule has 3 heteroatoms. The minimum atomic E-state index is 0.0456. The molecule has 2 unspecified atom stereocenters. The molecule has 0 aromatic carbocycles. The Morgan fingerprint density at radius 2 is 2.14 bits per heavy atom. The van der Waals surface area contributed by atoms with E-state index in [1.54, 1.807) is 7.11 Å². The average molecular weight is 201 g/mol. The molecule has 0 radical (unpaired) electrons. The number of hydrogen-bond acceptors (Lipinski definition) is 3. The largest absolute Gasteiger partial charge is 0.383 e. The van der Waals surface area contributed by atoms with Gasteiger partial charge >= 0.3 is 0 Å². The molecule has 0 amide bonds. The van der Waals surface area contributed by atoms with Crippen molar-refractivity contribution >= 4 is 0 Å². The van der Waals surface area contributed by atoms with Gasteiger partial charge in [0, 0.05) is 19.2 Å². The molecule has 0 saturated carbocycles. The summed E-state index contributed by atoms with van der Waals surface area (Å²) in [7, 11) is 1.73. The molecule has 0 bridgehead atoms. The predicted molar refractivity (Wildman–Crippen MR) is 57.5 cm³/mol. The van der Waals surface area contributed by atoms with Crippen LogP contribution in [0.3, 0.4) is 0 Å². The van der Waals surface area contributed by atoms with Gasteiger partial charge in [-0.15, -0.1) is 0 Å². The minimum absolute atomic E-state index is 0.0456. The maximum absolute atomic E-state index is 5.73. The Labute approximate surface area is 87.2 Å². The van der Waals surface area contributed by atoms with Crippen LogP contribution >= 0.6 is 0 Å². The van der Waals surface area contributed by atoms with E-state index in [2.05, 4.69) is 26.1 Å². The summed E-state index contributed by atoms with van der Waals surface area (Å²) in [6.45, 7) is 8.10.